The Labute approximate surface area is 476 Å². The van der Waals surface area contributed by atoms with Gasteiger partial charge in [0.15, 0.2) is 11.6 Å². The molecule has 2 saturated heterocycles. The van der Waals surface area contributed by atoms with Crippen LogP contribution in [0.4, 0.5) is 22.0 Å². The van der Waals surface area contributed by atoms with Gasteiger partial charge in [0.1, 0.15) is 17.5 Å². The van der Waals surface area contributed by atoms with Crippen LogP contribution in [0.1, 0.15) is 100.0 Å². The van der Waals surface area contributed by atoms with Crippen LogP contribution in [-0.4, -0.2) is 156 Å². The molecule has 8 N–H and O–H groups in total. The van der Waals surface area contributed by atoms with Gasteiger partial charge in [0.2, 0.25) is 11.8 Å². The molecule has 4 atom stereocenters. The zero-order valence-electron chi connectivity index (χ0n) is 45.8. The number of azo groups is 1. The number of fused-ring (bicyclic) bond motifs is 1. The monoisotopic (exact) mass is 1130 g/mol. The predicted octanol–water partition coefficient (Wildman–Crippen LogP) is 6.48. The van der Waals surface area contributed by atoms with E-state index in [1.807, 2.05) is 37.0 Å². The molecule has 2 aliphatic heterocycles. The highest BCUT2D eigenvalue weighted by atomic mass is 32.2. The Hall–Kier alpha value is -7.57. The lowest BCUT2D eigenvalue weighted by Gasteiger charge is -2.19. The molecule has 5 aromatic rings. The van der Waals surface area contributed by atoms with Crippen LogP contribution in [0.2, 0.25) is 0 Å². The highest BCUT2D eigenvalue weighted by Gasteiger charge is 2.46. The second kappa shape index (κ2) is 32.6. The van der Waals surface area contributed by atoms with Crippen molar-refractivity contribution >= 4 is 64.4 Å². The van der Waals surface area contributed by atoms with Crippen LogP contribution in [0, 0.1) is 0 Å². The number of nitrogens with two attached hydrogens (primary N) is 1. The van der Waals surface area contributed by atoms with Crippen molar-refractivity contribution in [1.82, 2.24) is 41.2 Å². The number of ketones is 1. The number of ether oxygens (including phenoxy) is 3. The first-order valence-corrected chi connectivity index (χ1v) is 28.7. The summed E-state index contributed by atoms with van der Waals surface area (Å²) < 4.78 is 18.6. The largest absolute Gasteiger partial charge is 0.506 e. The summed E-state index contributed by atoms with van der Waals surface area (Å²) in [7, 11) is 1.84. The number of rotatable bonds is 35. The van der Waals surface area contributed by atoms with E-state index in [4.69, 9.17) is 19.9 Å². The van der Waals surface area contributed by atoms with E-state index in [1.165, 1.54) is 0 Å². The van der Waals surface area contributed by atoms with Crippen LogP contribution < -0.4 is 32.3 Å². The minimum Gasteiger partial charge on any atom is -0.506 e. The van der Waals surface area contributed by atoms with Crippen molar-refractivity contribution in [1.29, 1.82) is 0 Å². The number of urea groups is 1. The van der Waals surface area contributed by atoms with E-state index in [-0.39, 0.29) is 47.4 Å². The molecule has 2 fully saturated rings. The van der Waals surface area contributed by atoms with Gasteiger partial charge in [0.05, 0.1) is 50.4 Å². The van der Waals surface area contributed by atoms with Gasteiger partial charge in [-0.25, -0.2) is 4.79 Å². The molecule has 4 aromatic carbocycles. The molecular weight excluding hydrogens is 1060 g/mol. The quantitative estimate of drug-likeness (QED) is 0.00989. The number of carbonyl (C=O) groups excluding carboxylic acids is 6. The number of anilines is 1. The van der Waals surface area contributed by atoms with E-state index in [2.05, 4.69) is 47.1 Å². The van der Waals surface area contributed by atoms with Crippen molar-refractivity contribution < 1.29 is 48.1 Å². The minimum absolute atomic E-state index is 0.0186. The van der Waals surface area contributed by atoms with Crippen molar-refractivity contribution in [2.45, 2.75) is 94.1 Å². The Bertz CT molecular complexity index is 2860. The summed E-state index contributed by atoms with van der Waals surface area (Å²) in [5, 5.41) is 41.9. The summed E-state index contributed by atoms with van der Waals surface area (Å²) in [6.45, 7) is 3.97. The number of hydrogen-bond acceptors (Lipinski definition) is 16. The van der Waals surface area contributed by atoms with E-state index in [1.54, 1.807) is 94.6 Å². The molecule has 0 aliphatic carbocycles. The van der Waals surface area contributed by atoms with E-state index >= 15 is 0 Å². The summed E-state index contributed by atoms with van der Waals surface area (Å²) in [4.78, 5) is 78.9. The molecule has 22 nitrogen and oxygen atoms in total. The molecule has 2 aliphatic rings. The highest BCUT2D eigenvalue weighted by Crippen LogP contribution is 2.36. The first-order valence-electron chi connectivity index (χ1n) is 27.6. The summed E-state index contributed by atoms with van der Waals surface area (Å²) in [6.07, 6.45) is 7.81. The SMILES string of the molecule is CN1C(=O)NC2C1CS[C@@H]2CCCCC(=O)Nc1cn(CCCC[C@H](NC(=O)c2ccc(N=Nc3cc(CCN)ccc3O)cc2)C(=O)NCCCOCCOCCOCCCNC(=O)c2ccc(C(=O)c3ccccc3)cc2)nn1. The molecule has 3 heterocycles. The van der Waals surface area contributed by atoms with Gasteiger partial charge in [0, 0.05) is 79.6 Å². The molecule has 81 heavy (non-hydrogen) atoms. The van der Waals surface area contributed by atoms with Crippen LogP contribution in [0.15, 0.2) is 113 Å². The molecule has 0 bridgehead atoms. The lowest BCUT2D eigenvalue weighted by atomic mass is 10.0. The molecule has 6 amide bonds. The Morgan fingerprint density at radius 2 is 1.44 bits per heavy atom. The molecule has 1 aromatic heterocycles. The Morgan fingerprint density at radius 3 is 2.17 bits per heavy atom. The third-order valence-corrected chi connectivity index (χ3v) is 15.2. The van der Waals surface area contributed by atoms with Gasteiger partial charge in [-0.1, -0.05) is 60.2 Å². The van der Waals surface area contributed by atoms with Crippen molar-refractivity contribution in [3.8, 4) is 5.75 Å². The highest BCUT2D eigenvalue weighted by molar-refractivity contribution is 8.00. The number of aromatic nitrogens is 3. The molecule has 2 unspecified atom stereocenters. The van der Waals surface area contributed by atoms with E-state index in [9.17, 15) is 33.9 Å². The molecule has 0 spiro atoms. The van der Waals surface area contributed by atoms with Crippen LogP contribution in [0.25, 0.3) is 0 Å². The van der Waals surface area contributed by atoms with E-state index in [0.29, 0.717) is 155 Å². The van der Waals surface area contributed by atoms with Gasteiger partial charge in [-0.3, -0.25) is 28.7 Å². The van der Waals surface area contributed by atoms with E-state index in [0.717, 1.165) is 30.6 Å². The fraction of sp³-hybridized carbons (Fsp3) is 0.448. The van der Waals surface area contributed by atoms with Crippen molar-refractivity contribution in [2.24, 2.45) is 16.0 Å². The first-order chi connectivity index (χ1) is 39.4. The number of phenols is 1. The maximum atomic E-state index is 13.6. The number of amides is 6. The number of hydrogen-bond donors (Lipinski definition) is 7. The summed E-state index contributed by atoms with van der Waals surface area (Å²) >= 11 is 1.88. The van der Waals surface area contributed by atoms with Crippen LogP contribution in [0.3, 0.4) is 0 Å². The fourth-order valence-electron chi connectivity index (χ4n) is 9.13. The minimum atomic E-state index is -0.851. The standard InChI is InChI=1S/C58H74N12O10S/c1-69-48-39-81-50(53(48)64-58(69)77)14-5-6-15-52(72)63-51-38-70(68-67-51)30-8-7-13-46(62-56(75)44-21-23-45(24-22-44)65-66-47-37-40(26-27-59)16-25-49(47)71)57(76)61-29-10-32-79-34-36-80-35-33-78-31-9-28-60-55(74)43-19-17-42(18-20-43)54(73)41-11-3-2-4-12-41/h2-4,11-12,16-25,37-38,46,48,50,53,71H,5-10,13-15,26-36,39,59H2,1H3,(H,60,74)(H,61,76)(H,62,75)(H,63,72)(H,64,77)/t46-,48?,50+,53?/m0/s1. The number of nitrogens with zero attached hydrogens (tertiary/aromatic N) is 6. The fourth-order valence-corrected chi connectivity index (χ4v) is 10.8. The molecule has 432 valence electrons. The van der Waals surface area contributed by atoms with Crippen molar-refractivity contribution in [3.05, 3.63) is 131 Å². The second-order valence-corrected chi connectivity index (χ2v) is 21.0. The van der Waals surface area contributed by atoms with Gasteiger partial charge in [-0.05, 0) is 112 Å². The normalized spacial score (nSPS) is 16.0. The number of benzene rings is 4. The van der Waals surface area contributed by atoms with Crippen molar-refractivity contribution in [2.75, 3.05) is 77.4 Å². The lowest BCUT2D eigenvalue weighted by molar-refractivity contribution is -0.123. The third kappa shape index (κ3) is 19.6. The number of aryl methyl sites for hydroxylation is 1. The number of phenolic OH excluding ortho intramolecular Hbond substituents is 1. The Balaban J connectivity index is 0.770. The number of unbranched alkanes of at least 4 members (excludes halogenated alkanes) is 2. The number of likely N-dealkylation sites (N-methyl/N-ethyl adjacent to an activating group) is 1. The van der Waals surface area contributed by atoms with Gasteiger partial charge in [-0.15, -0.1) is 10.2 Å². The number of aromatic hydroxyl groups is 1. The summed E-state index contributed by atoms with van der Waals surface area (Å²) in [6, 6.07) is 26.6. The molecular formula is C58H74N12O10S. The van der Waals surface area contributed by atoms with Gasteiger partial charge in [-0.2, -0.15) is 16.9 Å². The zero-order chi connectivity index (χ0) is 57.2. The Morgan fingerprint density at radius 1 is 0.778 bits per heavy atom. The van der Waals surface area contributed by atoms with Gasteiger partial charge < -0.3 is 56.5 Å². The molecule has 7 rings (SSSR count). The number of nitrogens with one attached hydrogen (secondary N) is 5. The average molecular weight is 1130 g/mol. The van der Waals surface area contributed by atoms with Crippen molar-refractivity contribution in [3.63, 3.8) is 0 Å². The maximum absolute atomic E-state index is 13.6. The number of thioether (sulfide) groups is 1. The third-order valence-electron chi connectivity index (χ3n) is 13.7. The van der Waals surface area contributed by atoms with Gasteiger partial charge >= 0.3 is 6.03 Å². The zero-order valence-corrected chi connectivity index (χ0v) is 46.6. The van der Waals surface area contributed by atoms with Crippen LogP contribution >= 0.6 is 11.8 Å². The smallest absolute Gasteiger partial charge is 0.317 e. The molecule has 23 heteroatoms. The Kier molecular flexibility index (Phi) is 24.6. The van der Waals surface area contributed by atoms with Crippen LogP contribution in [-0.2, 0) is 36.8 Å². The topological polar surface area (TPSA) is 295 Å². The lowest BCUT2D eigenvalue weighted by Crippen LogP contribution is -2.47. The average Bonchev–Trinajstić information content (AvgIpc) is 4.34. The van der Waals surface area contributed by atoms with Gasteiger partial charge in [0.25, 0.3) is 11.8 Å². The maximum Gasteiger partial charge on any atom is 0.317 e. The molecule has 0 saturated carbocycles. The number of carbonyl (C=O) groups is 6. The molecule has 0 radical (unpaired) electrons. The first kappa shape index (κ1) is 61.1. The predicted molar refractivity (Wildman–Crippen MR) is 307 cm³/mol. The second-order valence-electron chi connectivity index (χ2n) is 19.7. The summed E-state index contributed by atoms with van der Waals surface area (Å²) in [5.74, 6) is 0.00380. The van der Waals surface area contributed by atoms with E-state index < -0.39 is 11.9 Å². The summed E-state index contributed by atoms with van der Waals surface area (Å²) in [5.41, 5.74) is 9.24. The van der Waals surface area contributed by atoms with Crippen LogP contribution in [0.5, 0.6) is 5.75 Å².